The van der Waals surface area contributed by atoms with Crippen LogP contribution in [0.3, 0.4) is 0 Å². The summed E-state index contributed by atoms with van der Waals surface area (Å²) in [6.07, 6.45) is 5.37. The molecule has 6 nitrogen and oxygen atoms in total. The van der Waals surface area contributed by atoms with Gasteiger partial charge in [-0.2, -0.15) is 0 Å². The van der Waals surface area contributed by atoms with Gasteiger partial charge >= 0.3 is 5.97 Å². The van der Waals surface area contributed by atoms with Gasteiger partial charge in [-0.05, 0) is 12.5 Å². The molecule has 2 aromatic heterocycles. The van der Waals surface area contributed by atoms with Crippen LogP contribution in [0.4, 0.5) is 0 Å². The van der Waals surface area contributed by atoms with E-state index in [9.17, 15) is 4.79 Å². The number of fused-ring (bicyclic) bond motifs is 1. The van der Waals surface area contributed by atoms with Gasteiger partial charge in [-0.25, -0.2) is 4.98 Å². The van der Waals surface area contributed by atoms with Crippen LogP contribution in [0.15, 0.2) is 18.6 Å². The molecule has 0 spiro atoms. The number of aromatic nitrogens is 3. The molecule has 6 heteroatoms. The normalized spacial score (nSPS) is 12.6. The summed E-state index contributed by atoms with van der Waals surface area (Å²) in [5.41, 5.74) is 8.05. The summed E-state index contributed by atoms with van der Waals surface area (Å²) < 4.78 is 4.85. The third kappa shape index (κ3) is 2.42. The Labute approximate surface area is 98.2 Å². The van der Waals surface area contributed by atoms with Gasteiger partial charge in [-0.15, -0.1) is 0 Å². The summed E-state index contributed by atoms with van der Waals surface area (Å²) in [7, 11) is 0. The first-order valence-corrected chi connectivity index (χ1v) is 5.41. The fraction of sp³-hybridized carbons (Fsp3) is 0.364. The number of hydrogen-bond acceptors (Lipinski definition) is 5. The molecule has 2 heterocycles. The number of ether oxygens (including phenoxy) is 1. The third-order valence-electron chi connectivity index (χ3n) is 2.41. The number of hydrogen-bond donors (Lipinski definition) is 2. The molecule has 0 saturated heterocycles. The van der Waals surface area contributed by atoms with E-state index in [1.807, 2.05) is 0 Å². The van der Waals surface area contributed by atoms with Gasteiger partial charge in [-0.3, -0.25) is 9.78 Å². The van der Waals surface area contributed by atoms with Crippen molar-refractivity contribution in [3.05, 3.63) is 24.2 Å². The number of nitrogens with zero attached hydrogens (tertiary/aromatic N) is 2. The lowest BCUT2D eigenvalue weighted by molar-refractivity contribution is -0.144. The topological polar surface area (TPSA) is 93.9 Å². The summed E-state index contributed by atoms with van der Waals surface area (Å²) in [4.78, 5) is 22.7. The number of carbonyl (C=O) groups is 1. The van der Waals surface area contributed by atoms with E-state index in [0.717, 1.165) is 11.1 Å². The zero-order valence-corrected chi connectivity index (χ0v) is 9.51. The number of nitrogens with two attached hydrogens (primary N) is 1. The molecule has 0 amide bonds. The molecule has 0 aliphatic heterocycles. The quantitative estimate of drug-likeness (QED) is 0.746. The fourth-order valence-electron chi connectivity index (χ4n) is 1.63. The predicted octanol–water partition coefficient (Wildman–Crippen LogP) is 0.391. The van der Waals surface area contributed by atoms with Crippen LogP contribution in [0.25, 0.3) is 11.2 Å². The predicted molar refractivity (Wildman–Crippen MR) is 62.2 cm³/mol. The highest BCUT2D eigenvalue weighted by molar-refractivity contribution is 5.79. The van der Waals surface area contributed by atoms with Crippen LogP contribution >= 0.6 is 0 Å². The second-order valence-electron chi connectivity index (χ2n) is 3.63. The van der Waals surface area contributed by atoms with Gasteiger partial charge in [0.15, 0.2) is 5.65 Å². The van der Waals surface area contributed by atoms with Crippen molar-refractivity contribution in [2.75, 3.05) is 6.61 Å². The molecule has 17 heavy (non-hydrogen) atoms. The maximum absolute atomic E-state index is 11.4. The van der Waals surface area contributed by atoms with E-state index in [4.69, 9.17) is 10.5 Å². The Bertz CT molecular complexity index is 523. The lowest BCUT2D eigenvalue weighted by Crippen LogP contribution is -2.34. The highest BCUT2D eigenvalue weighted by Crippen LogP contribution is 2.14. The van der Waals surface area contributed by atoms with E-state index >= 15 is 0 Å². The zero-order valence-electron chi connectivity index (χ0n) is 9.51. The van der Waals surface area contributed by atoms with E-state index in [1.165, 1.54) is 0 Å². The lowest BCUT2D eigenvalue weighted by Gasteiger charge is -2.09. The number of carbonyl (C=O) groups excluding carboxylic acids is 1. The summed E-state index contributed by atoms with van der Waals surface area (Å²) in [6, 6.07) is -0.670. The van der Waals surface area contributed by atoms with Gasteiger partial charge in [0.05, 0.1) is 6.61 Å². The van der Waals surface area contributed by atoms with E-state index in [-0.39, 0.29) is 0 Å². The molecule has 3 N–H and O–H groups in total. The van der Waals surface area contributed by atoms with Gasteiger partial charge < -0.3 is 15.5 Å². The lowest BCUT2D eigenvalue weighted by atomic mass is 10.1. The van der Waals surface area contributed by atoms with Crippen molar-refractivity contribution in [3.8, 4) is 0 Å². The first-order valence-electron chi connectivity index (χ1n) is 5.41. The summed E-state index contributed by atoms with van der Waals surface area (Å²) in [5.74, 6) is -0.397. The Morgan fingerprint density at radius 3 is 3.06 bits per heavy atom. The smallest absolute Gasteiger partial charge is 0.323 e. The molecule has 1 atom stereocenters. The van der Waals surface area contributed by atoms with E-state index < -0.39 is 12.0 Å². The third-order valence-corrected chi connectivity index (χ3v) is 2.41. The molecule has 90 valence electrons. The van der Waals surface area contributed by atoms with Crippen LogP contribution < -0.4 is 5.73 Å². The van der Waals surface area contributed by atoms with Crippen molar-refractivity contribution < 1.29 is 9.53 Å². The molecule has 1 unspecified atom stereocenters. The molecule has 0 aliphatic carbocycles. The summed E-state index contributed by atoms with van der Waals surface area (Å²) in [6.45, 7) is 2.09. The highest BCUT2D eigenvalue weighted by atomic mass is 16.5. The Morgan fingerprint density at radius 2 is 2.29 bits per heavy atom. The van der Waals surface area contributed by atoms with Gasteiger partial charge in [0.25, 0.3) is 0 Å². The molecule has 0 aliphatic rings. The number of rotatable bonds is 4. The average Bonchev–Trinajstić information content (AvgIpc) is 2.73. The Hall–Kier alpha value is -1.95. The van der Waals surface area contributed by atoms with Crippen LogP contribution in [-0.4, -0.2) is 33.6 Å². The van der Waals surface area contributed by atoms with E-state index in [0.29, 0.717) is 18.7 Å². The first kappa shape index (κ1) is 11.5. The largest absolute Gasteiger partial charge is 0.465 e. The molecule has 0 radical (unpaired) electrons. The number of aromatic amines is 1. The van der Waals surface area contributed by atoms with Crippen molar-refractivity contribution in [1.82, 2.24) is 15.0 Å². The van der Waals surface area contributed by atoms with Crippen LogP contribution in [-0.2, 0) is 16.0 Å². The Balaban J connectivity index is 2.16. The number of esters is 1. The molecule has 2 aromatic rings. The van der Waals surface area contributed by atoms with Crippen molar-refractivity contribution in [3.63, 3.8) is 0 Å². The fourth-order valence-corrected chi connectivity index (χ4v) is 1.63. The SMILES string of the molecule is CCOC(=O)C(N)Cc1c[nH]c2nccnc12. The van der Waals surface area contributed by atoms with E-state index in [2.05, 4.69) is 15.0 Å². The van der Waals surface area contributed by atoms with Crippen LogP contribution in [0.2, 0.25) is 0 Å². The molecule has 0 aromatic carbocycles. The summed E-state index contributed by atoms with van der Waals surface area (Å²) in [5, 5.41) is 0. The standard InChI is InChI=1S/C11H14N4O2/c1-2-17-11(16)8(12)5-7-6-15-10-9(7)13-3-4-14-10/h3-4,6,8H,2,5,12H2,1H3,(H,14,15). The van der Waals surface area contributed by atoms with Gasteiger partial charge in [0, 0.05) is 25.0 Å². The van der Waals surface area contributed by atoms with Crippen LogP contribution in [0.5, 0.6) is 0 Å². The summed E-state index contributed by atoms with van der Waals surface area (Å²) >= 11 is 0. The van der Waals surface area contributed by atoms with Crippen LogP contribution in [0, 0.1) is 0 Å². The van der Waals surface area contributed by atoms with Crippen molar-refractivity contribution in [1.29, 1.82) is 0 Å². The molecule has 0 fully saturated rings. The van der Waals surface area contributed by atoms with Gasteiger partial charge in [-0.1, -0.05) is 0 Å². The second kappa shape index (κ2) is 4.92. The average molecular weight is 234 g/mol. The molecule has 0 bridgehead atoms. The van der Waals surface area contributed by atoms with Crippen molar-refractivity contribution in [2.24, 2.45) is 5.73 Å². The minimum absolute atomic E-state index is 0.334. The minimum Gasteiger partial charge on any atom is -0.465 e. The monoisotopic (exact) mass is 234 g/mol. The maximum Gasteiger partial charge on any atom is 0.323 e. The van der Waals surface area contributed by atoms with E-state index in [1.54, 1.807) is 25.5 Å². The van der Waals surface area contributed by atoms with Crippen molar-refractivity contribution in [2.45, 2.75) is 19.4 Å². The van der Waals surface area contributed by atoms with Crippen molar-refractivity contribution >= 4 is 17.1 Å². The Kier molecular flexibility index (Phi) is 3.34. The molecule has 2 rings (SSSR count). The van der Waals surface area contributed by atoms with Crippen LogP contribution in [0.1, 0.15) is 12.5 Å². The zero-order chi connectivity index (χ0) is 12.3. The number of H-pyrrole nitrogens is 1. The second-order valence-corrected chi connectivity index (χ2v) is 3.63. The van der Waals surface area contributed by atoms with Gasteiger partial charge in [0.2, 0.25) is 0 Å². The molecular formula is C11H14N4O2. The molecular weight excluding hydrogens is 220 g/mol. The first-order chi connectivity index (χ1) is 8.22. The minimum atomic E-state index is -0.670. The Morgan fingerprint density at radius 1 is 1.53 bits per heavy atom. The van der Waals surface area contributed by atoms with Gasteiger partial charge in [0.1, 0.15) is 11.6 Å². The highest BCUT2D eigenvalue weighted by Gasteiger charge is 2.17. The number of nitrogens with one attached hydrogen (secondary N) is 1. The maximum atomic E-state index is 11.4. The molecule has 0 saturated carbocycles.